The van der Waals surface area contributed by atoms with E-state index in [1.54, 1.807) is 0 Å². The molecule has 8 heteroatoms. The van der Waals surface area contributed by atoms with Gasteiger partial charge in [-0.05, 0) is 18.2 Å². The highest BCUT2D eigenvalue weighted by molar-refractivity contribution is 6.01. The molecule has 1 heterocycles. The first-order valence-electron chi connectivity index (χ1n) is 6.22. The number of rotatable bonds is 3. The van der Waals surface area contributed by atoms with Crippen molar-refractivity contribution in [3.8, 4) is 11.5 Å². The molecule has 1 fully saturated rings. The van der Waals surface area contributed by atoms with E-state index in [1.165, 1.54) is 6.07 Å². The van der Waals surface area contributed by atoms with E-state index in [4.69, 9.17) is 5.11 Å². The fraction of sp³-hybridized carbons (Fsp3) is 0.308. The number of carboxylic acids is 1. The van der Waals surface area contributed by atoms with E-state index in [9.17, 15) is 24.6 Å². The Kier molecular flexibility index (Phi) is 3.97. The van der Waals surface area contributed by atoms with Crippen LogP contribution in [0, 0.1) is 0 Å². The van der Waals surface area contributed by atoms with Crippen LogP contribution in [0.15, 0.2) is 18.2 Å². The van der Waals surface area contributed by atoms with Crippen molar-refractivity contribution >= 4 is 17.8 Å². The number of carbonyl (C=O) groups is 3. The highest BCUT2D eigenvalue weighted by Gasteiger charge is 2.35. The number of amides is 2. The fourth-order valence-corrected chi connectivity index (χ4v) is 2.18. The van der Waals surface area contributed by atoms with Gasteiger partial charge in [0.2, 0.25) is 5.91 Å². The molecule has 0 aliphatic carbocycles. The van der Waals surface area contributed by atoms with Gasteiger partial charge in [0.05, 0.1) is 12.0 Å². The van der Waals surface area contributed by atoms with Crippen LogP contribution < -0.4 is 5.32 Å². The minimum Gasteiger partial charge on any atom is -0.508 e. The lowest BCUT2D eigenvalue weighted by Crippen LogP contribution is -2.57. The molecule has 0 aromatic heterocycles. The molecule has 2 amide bonds. The third-order valence-corrected chi connectivity index (χ3v) is 3.17. The first kappa shape index (κ1) is 14.6. The van der Waals surface area contributed by atoms with Gasteiger partial charge in [0.25, 0.3) is 5.91 Å². The Morgan fingerprint density at radius 3 is 2.71 bits per heavy atom. The van der Waals surface area contributed by atoms with Gasteiger partial charge < -0.3 is 25.5 Å². The Hall–Kier alpha value is -2.77. The molecule has 0 radical (unpaired) electrons. The van der Waals surface area contributed by atoms with Gasteiger partial charge in [0, 0.05) is 13.1 Å². The number of carboxylic acid groups (broad SMARTS) is 1. The average Bonchev–Trinajstić information content (AvgIpc) is 2.42. The number of aromatic hydroxyl groups is 2. The van der Waals surface area contributed by atoms with Gasteiger partial charge >= 0.3 is 5.97 Å². The summed E-state index contributed by atoms with van der Waals surface area (Å²) in [6, 6.07) is 2.29. The van der Waals surface area contributed by atoms with E-state index >= 15 is 0 Å². The number of carbonyl (C=O) groups excluding carboxylic acids is 2. The molecule has 21 heavy (non-hydrogen) atoms. The van der Waals surface area contributed by atoms with Crippen LogP contribution in [0.3, 0.4) is 0 Å². The standard InChI is InChI=1S/C13H14N2O6/c16-7-1-2-10(17)8(5-7)13(21)15-4-3-14-12(20)9(15)6-11(18)19/h1-2,5,9,16-17H,3-4,6H2,(H,14,20)(H,18,19). The van der Waals surface area contributed by atoms with Crippen LogP contribution in [0.2, 0.25) is 0 Å². The van der Waals surface area contributed by atoms with Crippen molar-refractivity contribution in [1.29, 1.82) is 0 Å². The summed E-state index contributed by atoms with van der Waals surface area (Å²) in [5.74, 6) is -3.04. The van der Waals surface area contributed by atoms with E-state index in [-0.39, 0.29) is 30.2 Å². The highest BCUT2D eigenvalue weighted by atomic mass is 16.4. The minimum absolute atomic E-state index is 0.123. The average molecular weight is 294 g/mol. The molecule has 1 aliphatic rings. The van der Waals surface area contributed by atoms with E-state index in [1.807, 2.05) is 0 Å². The zero-order valence-electron chi connectivity index (χ0n) is 10.9. The van der Waals surface area contributed by atoms with Crippen molar-refractivity contribution in [2.75, 3.05) is 13.1 Å². The van der Waals surface area contributed by atoms with Gasteiger partial charge in [-0.25, -0.2) is 0 Å². The summed E-state index contributed by atoms with van der Waals surface area (Å²) in [5.41, 5.74) is -0.180. The molecule has 0 spiro atoms. The number of nitrogens with zero attached hydrogens (tertiary/aromatic N) is 1. The normalized spacial score (nSPS) is 18.2. The van der Waals surface area contributed by atoms with Gasteiger partial charge in [-0.15, -0.1) is 0 Å². The second kappa shape index (κ2) is 5.70. The van der Waals surface area contributed by atoms with Crippen LogP contribution in [0.4, 0.5) is 0 Å². The molecule has 1 aliphatic heterocycles. The maximum atomic E-state index is 12.4. The van der Waals surface area contributed by atoms with E-state index in [0.29, 0.717) is 0 Å². The maximum Gasteiger partial charge on any atom is 0.305 e. The van der Waals surface area contributed by atoms with Crippen LogP contribution in [0.1, 0.15) is 16.8 Å². The van der Waals surface area contributed by atoms with Crippen molar-refractivity contribution in [3.63, 3.8) is 0 Å². The molecule has 4 N–H and O–H groups in total. The molecule has 112 valence electrons. The molecule has 1 aromatic carbocycles. The van der Waals surface area contributed by atoms with Crippen molar-refractivity contribution in [2.24, 2.45) is 0 Å². The maximum absolute atomic E-state index is 12.4. The van der Waals surface area contributed by atoms with Gasteiger partial charge in [-0.3, -0.25) is 14.4 Å². The van der Waals surface area contributed by atoms with Crippen molar-refractivity contribution < 1.29 is 29.7 Å². The van der Waals surface area contributed by atoms with Gasteiger partial charge in [-0.1, -0.05) is 0 Å². The number of benzene rings is 1. The minimum atomic E-state index is -1.21. The molecule has 2 rings (SSSR count). The number of phenolic OH excluding ortho intramolecular Hbond substituents is 2. The SMILES string of the molecule is O=C(O)CC1C(=O)NCCN1C(=O)c1cc(O)ccc1O. The number of hydrogen-bond acceptors (Lipinski definition) is 5. The second-order valence-electron chi connectivity index (χ2n) is 4.60. The van der Waals surface area contributed by atoms with Crippen LogP contribution in [0.5, 0.6) is 11.5 Å². The number of hydrogen-bond donors (Lipinski definition) is 4. The summed E-state index contributed by atoms with van der Waals surface area (Å²) < 4.78 is 0. The molecule has 0 saturated carbocycles. The third kappa shape index (κ3) is 3.04. The van der Waals surface area contributed by atoms with Crippen LogP contribution in [0.25, 0.3) is 0 Å². The highest BCUT2D eigenvalue weighted by Crippen LogP contribution is 2.25. The number of phenols is 2. The lowest BCUT2D eigenvalue weighted by atomic mass is 10.1. The van der Waals surface area contributed by atoms with Crippen molar-refractivity contribution in [2.45, 2.75) is 12.5 Å². The summed E-state index contributed by atoms with van der Waals surface area (Å²) in [5, 5.41) is 30.4. The molecule has 1 aromatic rings. The lowest BCUT2D eigenvalue weighted by Gasteiger charge is -2.34. The molecule has 1 atom stereocenters. The molecule has 1 unspecified atom stereocenters. The molecule has 0 bridgehead atoms. The fourth-order valence-electron chi connectivity index (χ4n) is 2.18. The van der Waals surface area contributed by atoms with E-state index in [0.717, 1.165) is 17.0 Å². The topological polar surface area (TPSA) is 127 Å². The van der Waals surface area contributed by atoms with Crippen molar-refractivity contribution in [1.82, 2.24) is 10.2 Å². The third-order valence-electron chi connectivity index (χ3n) is 3.17. The van der Waals surface area contributed by atoms with Crippen LogP contribution in [-0.4, -0.2) is 57.1 Å². The number of piperazine rings is 1. The second-order valence-corrected chi connectivity index (χ2v) is 4.60. The Balaban J connectivity index is 2.32. The lowest BCUT2D eigenvalue weighted by molar-refractivity contribution is -0.142. The van der Waals surface area contributed by atoms with Gasteiger partial charge in [0.1, 0.15) is 17.5 Å². The predicted molar refractivity (Wildman–Crippen MR) is 69.9 cm³/mol. The summed E-state index contributed by atoms with van der Waals surface area (Å²) in [6.07, 6.45) is -0.531. The molecule has 8 nitrogen and oxygen atoms in total. The zero-order chi connectivity index (χ0) is 15.6. The van der Waals surface area contributed by atoms with E-state index < -0.39 is 30.2 Å². The Bertz CT molecular complexity index is 600. The zero-order valence-corrected chi connectivity index (χ0v) is 10.9. The monoisotopic (exact) mass is 294 g/mol. The van der Waals surface area contributed by atoms with Gasteiger partial charge in [0.15, 0.2) is 0 Å². The largest absolute Gasteiger partial charge is 0.508 e. The first-order valence-corrected chi connectivity index (χ1v) is 6.22. The number of nitrogens with one attached hydrogen (secondary N) is 1. The molecule has 1 saturated heterocycles. The Labute approximate surface area is 119 Å². The summed E-state index contributed by atoms with van der Waals surface area (Å²) >= 11 is 0. The number of aliphatic carboxylic acids is 1. The smallest absolute Gasteiger partial charge is 0.305 e. The van der Waals surface area contributed by atoms with Gasteiger partial charge in [-0.2, -0.15) is 0 Å². The Morgan fingerprint density at radius 1 is 1.33 bits per heavy atom. The Morgan fingerprint density at radius 2 is 2.05 bits per heavy atom. The quantitative estimate of drug-likeness (QED) is 0.557. The van der Waals surface area contributed by atoms with Crippen molar-refractivity contribution in [3.05, 3.63) is 23.8 Å². The molecular weight excluding hydrogens is 280 g/mol. The van der Waals surface area contributed by atoms with Crippen LogP contribution in [-0.2, 0) is 9.59 Å². The van der Waals surface area contributed by atoms with Crippen LogP contribution >= 0.6 is 0 Å². The molecular formula is C13H14N2O6. The van der Waals surface area contributed by atoms with E-state index in [2.05, 4.69) is 5.32 Å². The summed E-state index contributed by atoms with van der Waals surface area (Å²) in [6.45, 7) is 0.317. The summed E-state index contributed by atoms with van der Waals surface area (Å²) in [7, 11) is 0. The summed E-state index contributed by atoms with van der Waals surface area (Å²) in [4.78, 5) is 36.1. The predicted octanol–water partition coefficient (Wildman–Crippen LogP) is -0.487. The first-order chi connectivity index (χ1) is 9.90.